The molecule has 0 unspecified atom stereocenters. The molecule has 0 saturated carbocycles. The van der Waals surface area contributed by atoms with Crippen molar-refractivity contribution >= 4 is 41.0 Å². The zero-order chi connectivity index (χ0) is 21.9. The Kier molecular flexibility index (Phi) is 3.84. The van der Waals surface area contributed by atoms with Crippen LogP contribution in [0, 0.1) is 0 Å². The number of carbonyl (C=O) groups excluding carboxylic acids is 4. The van der Waals surface area contributed by atoms with Gasteiger partial charge in [-0.15, -0.1) is 0 Å². The summed E-state index contributed by atoms with van der Waals surface area (Å²) >= 11 is 0. The van der Waals surface area contributed by atoms with Gasteiger partial charge in [0, 0.05) is 0 Å². The number of benzene rings is 3. The van der Waals surface area contributed by atoms with E-state index in [9.17, 15) is 29.1 Å². The first-order valence-corrected chi connectivity index (χ1v) is 9.23. The van der Waals surface area contributed by atoms with Gasteiger partial charge in [0.1, 0.15) is 0 Å². The molecule has 5 rings (SSSR count). The molecule has 3 aromatic carbocycles. The minimum atomic E-state index is -1.36. The molecule has 0 radical (unpaired) electrons. The van der Waals surface area contributed by atoms with Gasteiger partial charge in [0.15, 0.2) is 0 Å². The van der Waals surface area contributed by atoms with Crippen LogP contribution in [0.5, 0.6) is 0 Å². The van der Waals surface area contributed by atoms with E-state index in [0.717, 1.165) is 9.80 Å². The molecule has 150 valence electrons. The van der Waals surface area contributed by atoms with E-state index in [-0.39, 0.29) is 39.2 Å². The van der Waals surface area contributed by atoms with Crippen molar-refractivity contribution in [2.45, 2.75) is 0 Å². The summed E-state index contributed by atoms with van der Waals surface area (Å²) in [5, 5.41) is 9.62. The van der Waals surface area contributed by atoms with Gasteiger partial charge in [0.2, 0.25) is 0 Å². The summed E-state index contributed by atoms with van der Waals surface area (Å²) in [5.74, 6) is -3.86. The van der Waals surface area contributed by atoms with Crippen LogP contribution >= 0.6 is 0 Å². The maximum atomic E-state index is 12.9. The third-order valence-corrected chi connectivity index (χ3v) is 5.30. The minimum absolute atomic E-state index is 0.0581. The lowest BCUT2D eigenvalue weighted by molar-refractivity contribution is 0.0697. The van der Waals surface area contributed by atoms with E-state index in [1.807, 2.05) is 0 Å². The zero-order valence-corrected chi connectivity index (χ0v) is 15.7. The van der Waals surface area contributed by atoms with Crippen molar-refractivity contribution in [1.82, 2.24) is 0 Å². The van der Waals surface area contributed by atoms with Crippen molar-refractivity contribution in [3.05, 3.63) is 94.5 Å². The molecule has 2 aliphatic heterocycles. The van der Waals surface area contributed by atoms with Gasteiger partial charge in [0.25, 0.3) is 23.6 Å². The lowest BCUT2D eigenvalue weighted by atomic mass is 10.1. The third kappa shape index (κ3) is 2.52. The van der Waals surface area contributed by atoms with Crippen LogP contribution in [0.2, 0.25) is 0 Å². The maximum absolute atomic E-state index is 12.9. The van der Waals surface area contributed by atoms with Crippen LogP contribution < -0.4 is 9.80 Å². The quantitative estimate of drug-likeness (QED) is 0.662. The van der Waals surface area contributed by atoms with Crippen LogP contribution in [0.1, 0.15) is 51.8 Å². The van der Waals surface area contributed by atoms with Crippen LogP contribution in [-0.4, -0.2) is 34.7 Å². The predicted octanol–water partition coefficient (Wildman–Crippen LogP) is 2.99. The van der Waals surface area contributed by atoms with Crippen LogP contribution in [0.15, 0.2) is 66.7 Å². The molecule has 8 heteroatoms. The number of anilines is 2. The maximum Gasteiger partial charge on any atom is 0.337 e. The fourth-order valence-electron chi connectivity index (χ4n) is 3.86. The highest BCUT2D eigenvalue weighted by Gasteiger charge is 2.40. The van der Waals surface area contributed by atoms with Crippen molar-refractivity contribution in [2.75, 3.05) is 9.80 Å². The number of hydrogen-bond acceptors (Lipinski definition) is 5. The van der Waals surface area contributed by atoms with Crippen molar-refractivity contribution < 1.29 is 29.1 Å². The largest absolute Gasteiger partial charge is 0.478 e. The molecular formula is C23H12N2O6. The highest BCUT2D eigenvalue weighted by molar-refractivity contribution is 6.37. The van der Waals surface area contributed by atoms with Gasteiger partial charge in [-0.3, -0.25) is 19.2 Å². The lowest BCUT2D eigenvalue weighted by Crippen LogP contribution is -2.33. The topological polar surface area (TPSA) is 112 Å². The Labute approximate surface area is 174 Å². The first kappa shape index (κ1) is 18.4. The molecule has 0 fully saturated rings. The molecule has 0 atom stereocenters. The summed E-state index contributed by atoms with van der Waals surface area (Å²) in [7, 11) is 0. The molecule has 0 aliphatic carbocycles. The highest BCUT2D eigenvalue weighted by Crippen LogP contribution is 2.36. The highest BCUT2D eigenvalue weighted by atomic mass is 16.4. The van der Waals surface area contributed by atoms with Crippen molar-refractivity contribution in [3.63, 3.8) is 0 Å². The molecule has 31 heavy (non-hydrogen) atoms. The molecule has 8 nitrogen and oxygen atoms in total. The Hall–Kier alpha value is -4.59. The molecule has 3 aromatic rings. The second kappa shape index (κ2) is 6.46. The molecular weight excluding hydrogens is 400 g/mol. The van der Waals surface area contributed by atoms with E-state index in [2.05, 4.69) is 0 Å². The second-order valence-electron chi connectivity index (χ2n) is 6.99. The van der Waals surface area contributed by atoms with Crippen LogP contribution in [0.3, 0.4) is 0 Å². The molecule has 0 aromatic heterocycles. The summed E-state index contributed by atoms with van der Waals surface area (Å²) < 4.78 is 0. The van der Waals surface area contributed by atoms with Crippen molar-refractivity contribution in [1.29, 1.82) is 0 Å². The van der Waals surface area contributed by atoms with Gasteiger partial charge in [-0.25, -0.2) is 14.6 Å². The fraction of sp³-hybridized carbons (Fsp3) is 0. The number of aromatic carboxylic acids is 1. The molecule has 0 spiro atoms. The first-order chi connectivity index (χ1) is 14.9. The van der Waals surface area contributed by atoms with E-state index >= 15 is 0 Å². The molecule has 0 saturated heterocycles. The Balaban J connectivity index is 1.65. The van der Waals surface area contributed by atoms with Crippen molar-refractivity contribution in [3.8, 4) is 0 Å². The fourth-order valence-corrected chi connectivity index (χ4v) is 3.86. The summed E-state index contributed by atoms with van der Waals surface area (Å²) in [6.07, 6.45) is 0. The first-order valence-electron chi connectivity index (χ1n) is 9.23. The Morgan fingerprint density at radius 1 is 0.613 bits per heavy atom. The SMILES string of the molecule is O=C(O)c1ccc(N2C(=O)c3ccccc3C2=O)cc1N1C(=O)c2ccccc2C1=O. The van der Waals surface area contributed by atoms with Gasteiger partial charge < -0.3 is 5.11 Å². The summed E-state index contributed by atoms with van der Waals surface area (Å²) in [4.78, 5) is 64.9. The number of hydrogen-bond donors (Lipinski definition) is 1. The molecule has 1 N–H and O–H groups in total. The number of carboxylic acids is 1. The monoisotopic (exact) mass is 412 g/mol. The summed E-state index contributed by atoms with van der Waals surface area (Å²) in [6.45, 7) is 0. The lowest BCUT2D eigenvalue weighted by Gasteiger charge is -2.20. The van der Waals surface area contributed by atoms with E-state index in [4.69, 9.17) is 0 Å². The van der Waals surface area contributed by atoms with Gasteiger partial charge in [-0.2, -0.15) is 0 Å². The average molecular weight is 412 g/mol. The van der Waals surface area contributed by atoms with Crippen LogP contribution in [-0.2, 0) is 0 Å². The van der Waals surface area contributed by atoms with Crippen LogP contribution in [0.4, 0.5) is 11.4 Å². The number of amides is 4. The Morgan fingerprint density at radius 2 is 1.03 bits per heavy atom. The average Bonchev–Trinajstić information content (AvgIpc) is 3.18. The number of carboxylic acid groups (broad SMARTS) is 1. The number of fused-ring (bicyclic) bond motifs is 2. The van der Waals surface area contributed by atoms with Gasteiger partial charge in [0.05, 0.1) is 39.2 Å². The number of nitrogens with zero attached hydrogens (tertiary/aromatic N) is 2. The zero-order valence-electron chi connectivity index (χ0n) is 15.7. The molecule has 0 bridgehead atoms. The van der Waals surface area contributed by atoms with E-state index in [1.165, 1.54) is 42.5 Å². The number of rotatable bonds is 3. The standard InChI is InChI=1S/C23H12N2O6/c26-19-13-5-1-2-6-14(13)20(27)24(19)12-9-10-17(23(30)31)18(11-12)25-21(28)15-7-3-4-8-16(15)22(25)29/h1-11H,(H,30,31). The smallest absolute Gasteiger partial charge is 0.337 e. The van der Waals surface area contributed by atoms with E-state index < -0.39 is 29.6 Å². The summed E-state index contributed by atoms with van der Waals surface area (Å²) in [6, 6.07) is 16.1. The second-order valence-corrected chi connectivity index (χ2v) is 6.99. The van der Waals surface area contributed by atoms with E-state index in [0.29, 0.717) is 0 Å². The Bertz CT molecular complexity index is 1290. The normalized spacial score (nSPS) is 14.8. The van der Waals surface area contributed by atoms with Gasteiger partial charge >= 0.3 is 5.97 Å². The third-order valence-electron chi connectivity index (χ3n) is 5.30. The van der Waals surface area contributed by atoms with Gasteiger partial charge in [-0.05, 0) is 42.5 Å². The Morgan fingerprint density at radius 3 is 1.45 bits per heavy atom. The molecule has 2 aliphatic rings. The number of imide groups is 2. The molecule has 2 heterocycles. The van der Waals surface area contributed by atoms with E-state index in [1.54, 1.807) is 24.3 Å². The number of carbonyl (C=O) groups is 5. The predicted molar refractivity (Wildman–Crippen MR) is 109 cm³/mol. The minimum Gasteiger partial charge on any atom is -0.478 e. The van der Waals surface area contributed by atoms with Gasteiger partial charge in [-0.1, -0.05) is 24.3 Å². The van der Waals surface area contributed by atoms with Crippen LogP contribution in [0.25, 0.3) is 0 Å². The van der Waals surface area contributed by atoms with Crippen molar-refractivity contribution in [2.24, 2.45) is 0 Å². The summed E-state index contributed by atoms with van der Waals surface area (Å²) in [5.41, 5.74) is 0.268. The molecule has 4 amide bonds.